The van der Waals surface area contributed by atoms with Crippen LogP contribution in [-0.2, 0) is 17.5 Å². The second-order valence-electron chi connectivity index (χ2n) is 5.48. The predicted molar refractivity (Wildman–Crippen MR) is 93.0 cm³/mol. The lowest BCUT2D eigenvalue weighted by molar-refractivity contribution is -0.137. The molecule has 0 unspecified atom stereocenters. The lowest BCUT2D eigenvalue weighted by Crippen LogP contribution is -2.28. The molecule has 0 saturated carbocycles. The molecule has 9 heteroatoms. The average Bonchev–Trinajstić information content (AvgIpc) is 2.97. The average molecular weight is 382 g/mol. The number of rotatable bonds is 5. The Balaban J connectivity index is 2.52. The molecule has 0 bridgehead atoms. The van der Waals surface area contributed by atoms with Gasteiger partial charge in [-0.05, 0) is 24.0 Å². The van der Waals surface area contributed by atoms with Crippen molar-refractivity contribution in [2.45, 2.75) is 31.1 Å². The van der Waals surface area contributed by atoms with E-state index in [2.05, 4.69) is 5.10 Å². The summed E-state index contributed by atoms with van der Waals surface area (Å²) in [6.07, 6.45) is -2.48. The Labute approximate surface area is 153 Å². The van der Waals surface area contributed by atoms with Crippen LogP contribution >= 0.6 is 11.8 Å². The van der Waals surface area contributed by atoms with Gasteiger partial charge >= 0.3 is 6.18 Å². The Kier molecular flexibility index (Phi) is 5.97. The van der Waals surface area contributed by atoms with E-state index in [4.69, 9.17) is 0 Å². The third-order valence-corrected chi connectivity index (χ3v) is 4.45. The van der Waals surface area contributed by atoms with Gasteiger partial charge in [-0.25, -0.2) is 4.68 Å². The summed E-state index contributed by atoms with van der Waals surface area (Å²) in [5.74, 6) is 0.0560. The lowest BCUT2D eigenvalue weighted by atomic mass is 10.1. The molecule has 0 atom stereocenters. The molecule has 0 saturated heterocycles. The molecule has 26 heavy (non-hydrogen) atoms. The van der Waals surface area contributed by atoms with Crippen molar-refractivity contribution in [2.75, 3.05) is 18.2 Å². The van der Waals surface area contributed by atoms with Gasteiger partial charge in [0.2, 0.25) is 5.91 Å². The minimum Gasteiger partial charge on any atom is -0.299 e. The van der Waals surface area contributed by atoms with Crippen LogP contribution in [0.5, 0.6) is 0 Å². The molecule has 1 heterocycles. The molecule has 0 aliphatic carbocycles. The van der Waals surface area contributed by atoms with Crippen LogP contribution in [0.4, 0.5) is 19.0 Å². The predicted octanol–water partition coefficient (Wildman–Crippen LogP) is 3.92. The minimum atomic E-state index is -4.44. The number of nitrogens with zero attached hydrogens (tertiary/aromatic N) is 4. The molecule has 1 aromatic heterocycles. The van der Waals surface area contributed by atoms with Crippen LogP contribution in [0.2, 0.25) is 0 Å². The van der Waals surface area contributed by atoms with E-state index in [0.717, 1.165) is 12.1 Å². The number of thioether (sulfide) groups is 1. The molecule has 2 rings (SSSR count). The summed E-state index contributed by atoms with van der Waals surface area (Å²) in [6, 6.07) is 6.94. The molecular formula is C17H17F3N4OS. The highest BCUT2D eigenvalue weighted by Crippen LogP contribution is 2.32. The topological polar surface area (TPSA) is 61.9 Å². The fraction of sp³-hybridized carbons (Fsp3) is 0.353. The number of halogens is 3. The molecule has 138 valence electrons. The van der Waals surface area contributed by atoms with Gasteiger partial charge < -0.3 is 0 Å². The van der Waals surface area contributed by atoms with Crippen molar-refractivity contribution in [2.24, 2.45) is 0 Å². The quantitative estimate of drug-likeness (QED) is 0.736. The lowest BCUT2D eigenvalue weighted by Gasteiger charge is -2.18. The molecule has 0 aliphatic rings. The van der Waals surface area contributed by atoms with E-state index in [1.54, 1.807) is 19.2 Å². The summed E-state index contributed by atoms with van der Waals surface area (Å²) in [4.78, 5) is 13.4. The number of nitriles is 1. The first-order valence-electron chi connectivity index (χ1n) is 7.70. The van der Waals surface area contributed by atoms with Gasteiger partial charge in [-0.3, -0.25) is 9.69 Å². The zero-order chi connectivity index (χ0) is 19.5. The van der Waals surface area contributed by atoms with Gasteiger partial charge in [0.1, 0.15) is 16.7 Å². The summed E-state index contributed by atoms with van der Waals surface area (Å²) >= 11 is 1.24. The maximum Gasteiger partial charge on any atom is 0.416 e. The van der Waals surface area contributed by atoms with Crippen LogP contribution in [-0.4, -0.2) is 29.0 Å². The Morgan fingerprint density at radius 3 is 2.65 bits per heavy atom. The second-order valence-corrected chi connectivity index (χ2v) is 6.28. The molecule has 5 nitrogen and oxygen atoms in total. The van der Waals surface area contributed by atoms with Crippen molar-refractivity contribution in [3.63, 3.8) is 0 Å². The third kappa shape index (κ3) is 4.02. The zero-order valence-corrected chi connectivity index (χ0v) is 15.3. The SMILES string of the molecule is CCC(=O)N(C)c1c(C#N)c(SC)nn1Cc1cccc(C(F)(F)F)c1. The van der Waals surface area contributed by atoms with Crippen molar-refractivity contribution < 1.29 is 18.0 Å². The molecule has 0 radical (unpaired) electrons. The number of carbonyl (C=O) groups is 1. The van der Waals surface area contributed by atoms with E-state index >= 15 is 0 Å². The van der Waals surface area contributed by atoms with Gasteiger partial charge in [0.15, 0.2) is 5.82 Å². The van der Waals surface area contributed by atoms with Crippen molar-refractivity contribution in [1.29, 1.82) is 5.26 Å². The van der Waals surface area contributed by atoms with Crippen LogP contribution in [0.25, 0.3) is 0 Å². The smallest absolute Gasteiger partial charge is 0.299 e. The van der Waals surface area contributed by atoms with Gasteiger partial charge in [0.25, 0.3) is 0 Å². The Morgan fingerprint density at radius 1 is 1.42 bits per heavy atom. The maximum absolute atomic E-state index is 12.9. The first kappa shape index (κ1) is 19.8. The number of benzene rings is 1. The van der Waals surface area contributed by atoms with Crippen molar-refractivity contribution in [1.82, 2.24) is 9.78 Å². The van der Waals surface area contributed by atoms with E-state index in [0.29, 0.717) is 10.6 Å². The molecule has 0 aliphatic heterocycles. The van der Waals surface area contributed by atoms with Gasteiger partial charge in [-0.2, -0.15) is 23.5 Å². The highest BCUT2D eigenvalue weighted by molar-refractivity contribution is 7.98. The standard InChI is InChI=1S/C17H17F3N4OS/c1-4-14(25)23(2)16-13(9-21)15(26-3)22-24(16)10-11-6-5-7-12(8-11)17(18,19)20/h5-8H,4,10H2,1-3H3. The zero-order valence-electron chi connectivity index (χ0n) is 14.5. The van der Waals surface area contributed by atoms with E-state index < -0.39 is 11.7 Å². The Morgan fingerprint density at radius 2 is 2.12 bits per heavy atom. The number of amides is 1. The van der Waals surface area contributed by atoms with Crippen LogP contribution in [0.15, 0.2) is 29.3 Å². The summed E-state index contributed by atoms with van der Waals surface area (Å²) in [6.45, 7) is 1.70. The number of hydrogen-bond donors (Lipinski definition) is 0. The second kappa shape index (κ2) is 7.83. The van der Waals surface area contributed by atoms with Crippen LogP contribution in [0, 0.1) is 11.3 Å². The number of carbonyl (C=O) groups excluding carboxylic acids is 1. The molecule has 0 N–H and O–H groups in total. The van der Waals surface area contributed by atoms with Gasteiger partial charge in [0.05, 0.1) is 12.1 Å². The van der Waals surface area contributed by atoms with E-state index in [1.807, 2.05) is 6.07 Å². The van der Waals surface area contributed by atoms with Crippen LogP contribution < -0.4 is 4.90 Å². The first-order chi connectivity index (χ1) is 12.2. The summed E-state index contributed by atoms with van der Waals surface area (Å²) < 4.78 is 40.2. The van der Waals surface area contributed by atoms with Gasteiger partial charge in [-0.1, -0.05) is 19.1 Å². The molecule has 0 spiro atoms. The van der Waals surface area contributed by atoms with E-state index in [1.165, 1.54) is 34.5 Å². The Hall–Kier alpha value is -2.47. The summed E-state index contributed by atoms with van der Waals surface area (Å²) in [7, 11) is 1.52. The molecule has 2 aromatic rings. The maximum atomic E-state index is 12.9. The van der Waals surface area contributed by atoms with Gasteiger partial charge in [-0.15, -0.1) is 11.8 Å². The van der Waals surface area contributed by atoms with Crippen molar-refractivity contribution in [3.8, 4) is 6.07 Å². The highest BCUT2D eigenvalue weighted by Gasteiger charge is 2.30. The van der Waals surface area contributed by atoms with Gasteiger partial charge in [0, 0.05) is 13.5 Å². The number of hydrogen-bond acceptors (Lipinski definition) is 4. The molecular weight excluding hydrogens is 365 g/mol. The van der Waals surface area contributed by atoms with Crippen molar-refractivity contribution in [3.05, 3.63) is 41.0 Å². The molecule has 1 amide bonds. The Bertz CT molecular complexity index is 855. The summed E-state index contributed by atoms with van der Waals surface area (Å²) in [5, 5.41) is 14.2. The van der Waals surface area contributed by atoms with Crippen LogP contribution in [0.1, 0.15) is 30.0 Å². The largest absolute Gasteiger partial charge is 0.416 e. The third-order valence-electron chi connectivity index (χ3n) is 3.78. The fourth-order valence-electron chi connectivity index (χ4n) is 2.50. The summed E-state index contributed by atoms with van der Waals surface area (Å²) in [5.41, 5.74) is -0.154. The van der Waals surface area contributed by atoms with E-state index in [9.17, 15) is 23.2 Å². The van der Waals surface area contributed by atoms with Crippen molar-refractivity contribution >= 4 is 23.5 Å². The molecule has 1 aromatic carbocycles. The first-order valence-corrected chi connectivity index (χ1v) is 8.93. The number of anilines is 1. The fourth-order valence-corrected chi connectivity index (χ4v) is 3.02. The van der Waals surface area contributed by atoms with Crippen LogP contribution in [0.3, 0.4) is 0 Å². The highest BCUT2D eigenvalue weighted by atomic mass is 32.2. The number of aromatic nitrogens is 2. The minimum absolute atomic E-state index is 0.00975. The number of alkyl halides is 3. The monoisotopic (exact) mass is 382 g/mol. The van der Waals surface area contributed by atoms with E-state index in [-0.39, 0.29) is 30.3 Å². The normalized spacial score (nSPS) is 11.3. The molecule has 0 fully saturated rings.